The molecular weight excluding hydrogens is 192 g/mol. The van der Waals surface area contributed by atoms with Gasteiger partial charge in [-0.2, -0.15) is 0 Å². The second kappa shape index (κ2) is 3.67. The molecule has 1 unspecified atom stereocenters. The third-order valence-electron chi connectivity index (χ3n) is 2.39. The van der Waals surface area contributed by atoms with Gasteiger partial charge in [-0.1, -0.05) is 0 Å². The number of hydrogen-bond donors (Lipinski definition) is 1. The zero-order valence-electron chi connectivity index (χ0n) is 10.5. The maximum atomic E-state index is 12.0. The first-order chi connectivity index (χ1) is 6.63. The van der Waals surface area contributed by atoms with Crippen LogP contribution in [0.15, 0.2) is 0 Å². The molecule has 2 amide bonds. The molecule has 88 valence electrons. The molecule has 0 saturated carbocycles. The van der Waals surface area contributed by atoms with Crippen molar-refractivity contribution in [1.82, 2.24) is 10.2 Å². The third-order valence-corrected chi connectivity index (χ3v) is 2.39. The lowest BCUT2D eigenvalue weighted by atomic mass is 10.1. The number of rotatable bonds is 0. The molecule has 1 aliphatic heterocycles. The molecule has 1 heterocycles. The van der Waals surface area contributed by atoms with E-state index in [1.165, 1.54) is 0 Å². The van der Waals surface area contributed by atoms with Gasteiger partial charge in [-0.3, -0.25) is 4.90 Å². The van der Waals surface area contributed by atoms with Crippen LogP contribution in [0, 0.1) is 0 Å². The number of amides is 2. The fourth-order valence-electron chi connectivity index (χ4n) is 1.78. The Labute approximate surface area is 92.0 Å². The van der Waals surface area contributed by atoms with Gasteiger partial charge in [0.15, 0.2) is 0 Å². The summed E-state index contributed by atoms with van der Waals surface area (Å²) >= 11 is 0. The number of nitrogens with zero attached hydrogens (tertiary/aromatic N) is 1. The average Bonchev–Trinajstić information content (AvgIpc) is 2.21. The Kier molecular flexibility index (Phi) is 3.01. The highest BCUT2D eigenvalue weighted by Gasteiger charge is 2.42. The van der Waals surface area contributed by atoms with E-state index in [1.54, 1.807) is 4.90 Å². The van der Waals surface area contributed by atoms with Crippen LogP contribution in [0.25, 0.3) is 0 Å². The number of hydrogen-bond acceptors (Lipinski definition) is 2. The van der Waals surface area contributed by atoms with Crippen molar-refractivity contribution in [3.05, 3.63) is 0 Å². The standard InChI is InChI=1S/C11H22N2O2/c1-8-13(11(5,6)7-15-8)9(14)12-10(2,3)4/h8H,7H2,1-6H3,(H,12,14). The Morgan fingerprint density at radius 3 is 2.33 bits per heavy atom. The summed E-state index contributed by atoms with van der Waals surface area (Å²) in [6.07, 6.45) is -0.151. The predicted octanol–water partition coefficient (Wildman–Crippen LogP) is 1.95. The van der Waals surface area contributed by atoms with E-state index in [0.29, 0.717) is 6.61 Å². The number of carbonyl (C=O) groups is 1. The van der Waals surface area contributed by atoms with Crippen LogP contribution in [-0.2, 0) is 4.74 Å². The van der Waals surface area contributed by atoms with Gasteiger partial charge in [0.1, 0.15) is 6.23 Å². The predicted molar refractivity (Wildman–Crippen MR) is 59.6 cm³/mol. The van der Waals surface area contributed by atoms with Crippen LogP contribution < -0.4 is 5.32 Å². The minimum absolute atomic E-state index is 0.0579. The van der Waals surface area contributed by atoms with Gasteiger partial charge in [-0.15, -0.1) is 0 Å². The quantitative estimate of drug-likeness (QED) is 0.669. The van der Waals surface area contributed by atoms with Gasteiger partial charge < -0.3 is 10.1 Å². The molecule has 0 aliphatic carbocycles. The molecular formula is C11H22N2O2. The van der Waals surface area contributed by atoms with Gasteiger partial charge in [0.25, 0.3) is 0 Å². The number of ether oxygens (including phenoxy) is 1. The first-order valence-corrected chi connectivity index (χ1v) is 5.36. The number of carbonyl (C=O) groups excluding carboxylic acids is 1. The molecule has 1 saturated heterocycles. The Morgan fingerprint density at radius 2 is 2.00 bits per heavy atom. The van der Waals surface area contributed by atoms with Crippen LogP contribution in [-0.4, -0.2) is 34.8 Å². The monoisotopic (exact) mass is 214 g/mol. The Bertz CT molecular complexity index is 256. The molecule has 1 aliphatic rings. The molecule has 4 heteroatoms. The van der Waals surface area contributed by atoms with Crippen molar-refractivity contribution in [2.45, 2.75) is 58.8 Å². The highest BCUT2D eigenvalue weighted by atomic mass is 16.5. The minimum atomic E-state index is -0.227. The molecule has 0 aromatic carbocycles. The normalized spacial score (nSPS) is 25.5. The maximum Gasteiger partial charge on any atom is 0.320 e. The largest absolute Gasteiger partial charge is 0.356 e. The molecule has 1 rings (SSSR count). The molecule has 0 spiro atoms. The summed E-state index contributed by atoms with van der Waals surface area (Å²) in [7, 11) is 0. The van der Waals surface area contributed by atoms with Crippen molar-refractivity contribution in [3.63, 3.8) is 0 Å². The van der Waals surface area contributed by atoms with E-state index < -0.39 is 0 Å². The van der Waals surface area contributed by atoms with Crippen LogP contribution in [0.1, 0.15) is 41.5 Å². The summed E-state index contributed by atoms with van der Waals surface area (Å²) in [6, 6.07) is -0.0579. The lowest BCUT2D eigenvalue weighted by molar-refractivity contribution is 0.0590. The van der Waals surface area contributed by atoms with Gasteiger partial charge in [0.05, 0.1) is 12.1 Å². The van der Waals surface area contributed by atoms with Gasteiger partial charge in [0, 0.05) is 5.54 Å². The molecule has 1 fully saturated rings. The van der Waals surface area contributed by atoms with Crippen LogP contribution in [0.4, 0.5) is 4.79 Å². The summed E-state index contributed by atoms with van der Waals surface area (Å²) in [5.74, 6) is 0. The number of urea groups is 1. The lowest BCUT2D eigenvalue weighted by Crippen LogP contribution is -2.55. The van der Waals surface area contributed by atoms with Crippen molar-refractivity contribution in [2.75, 3.05) is 6.61 Å². The second-order valence-electron chi connectivity index (χ2n) is 5.77. The molecule has 4 nitrogen and oxygen atoms in total. The fourth-order valence-corrected chi connectivity index (χ4v) is 1.78. The maximum absolute atomic E-state index is 12.0. The Morgan fingerprint density at radius 1 is 1.47 bits per heavy atom. The molecule has 15 heavy (non-hydrogen) atoms. The molecule has 1 N–H and O–H groups in total. The smallest absolute Gasteiger partial charge is 0.320 e. The van der Waals surface area contributed by atoms with Gasteiger partial charge in [-0.05, 0) is 41.5 Å². The third kappa shape index (κ3) is 2.84. The first kappa shape index (κ1) is 12.3. The van der Waals surface area contributed by atoms with E-state index in [1.807, 2.05) is 41.5 Å². The van der Waals surface area contributed by atoms with E-state index in [-0.39, 0.29) is 23.3 Å². The number of nitrogens with one attached hydrogen (secondary N) is 1. The molecule has 0 bridgehead atoms. The summed E-state index contributed by atoms with van der Waals surface area (Å²) in [5, 5.41) is 2.95. The highest BCUT2D eigenvalue weighted by molar-refractivity contribution is 5.76. The molecule has 0 radical (unpaired) electrons. The summed E-state index contributed by atoms with van der Waals surface area (Å²) in [6.45, 7) is 12.4. The van der Waals surface area contributed by atoms with Crippen molar-refractivity contribution in [1.29, 1.82) is 0 Å². The van der Waals surface area contributed by atoms with E-state index >= 15 is 0 Å². The Balaban J connectivity index is 2.74. The van der Waals surface area contributed by atoms with Gasteiger partial charge >= 0.3 is 6.03 Å². The Hall–Kier alpha value is -0.770. The summed E-state index contributed by atoms with van der Waals surface area (Å²) in [4.78, 5) is 13.8. The van der Waals surface area contributed by atoms with Crippen molar-refractivity contribution >= 4 is 6.03 Å². The van der Waals surface area contributed by atoms with Crippen LogP contribution in [0.3, 0.4) is 0 Å². The lowest BCUT2D eigenvalue weighted by Gasteiger charge is -2.34. The zero-order chi connectivity index (χ0) is 11.9. The van der Waals surface area contributed by atoms with Gasteiger partial charge in [-0.25, -0.2) is 4.79 Å². The van der Waals surface area contributed by atoms with Crippen LogP contribution in [0.5, 0.6) is 0 Å². The SMILES string of the molecule is CC1OCC(C)(C)N1C(=O)NC(C)(C)C. The topological polar surface area (TPSA) is 41.6 Å². The average molecular weight is 214 g/mol. The van der Waals surface area contributed by atoms with E-state index in [4.69, 9.17) is 4.74 Å². The van der Waals surface area contributed by atoms with E-state index in [9.17, 15) is 4.79 Å². The van der Waals surface area contributed by atoms with Crippen molar-refractivity contribution in [3.8, 4) is 0 Å². The molecule has 1 atom stereocenters. The summed E-state index contributed by atoms with van der Waals surface area (Å²) < 4.78 is 5.48. The second-order valence-corrected chi connectivity index (χ2v) is 5.77. The van der Waals surface area contributed by atoms with Crippen molar-refractivity contribution in [2.24, 2.45) is 0 Å². The van der Waals surface area contributed by atoms with Crippen LogP contribution >= 0.6 is 0 Å². The van der Waals surface area contributed by atoms with Gasteiger partial charge in [0.2, 0.25) is 0 Å². The molecule has 0 aromatic rings. The minimum Gasteiger partial charge on any atom is -0.356 e. The summed E-state index contributed by atoms with van der Waals surface area (Å²) in [5.41, 5.74) is -0.440. The van der Waals surface area contributed by atoms with E-state index in [2.05, 4.69) is 5.32 Å². The first-order valence-electron chi connectivity index (χ1n) is 5.36. The molecule has 0 aromatic heterocycles. The zero-order valence-corrected chi connectivity index (χ0v) is 10.5. The van der Waals surface area contributed by atoms with Crippen molar-refractivity contribution < 1.29 is 9.53 Å². The van der Waals surface area contributed by atoms with E-state index in [0.717, 1.165) is 0 Å². The fraction of sp³-hybridized carbons (Fsp3) is 0.909. The van der Waals surface area contributed by atoms with Crippen LogP contribution in [0.2, 0.25) is 0 Å². The highest BCUT2D eigenvalue weighted by Crippen LogP contribution is 2.26.